The summed E-state index contributed by atoms with van der Waals surface area (Å²) in [6.07, 6.45) is 0.655. The van der Waals surface area contributed by atoms with E-state index in [0.29, 0.717) is 6.42 Å². The highest BCUT2D eigenvalue weighted by molar-refractivity contribution is 5.98. The summed E-state index contributed by atoms with van der Waals surface area (Å²) in [5.74, 6) is -0.373. The maximum atomic E-state index is 13.2. The molecule has 5 heteroatoms. The highest BCUT2D eigenvalue weighted by atomic mass is 16.2. The van der Waals surface area contributed by atoms with Crippen LogP contribution in [0.5, 0.6) is 0 Å². The summed E-state index contributed by atoms with van der Waals surface area (Å²) >= 11 is 0. The zero-order valence-electron chi connectivity index (χ0n) is 17.9. The molecule has 0 aromatic heterocycles. The molecule has 0 saturated heterocycles. The van der Waals surface area contributed by atoms with Crippen LogP contribution >= 0.6 is 0 Å². The molecular weight excluding hydrogens is 386 g/mol. The molecule has 3 aromatic carbocycles. The van der Waals surface area contributed by atoms with Gasteiger partial charge in [-0.1, -0.05) is 72.3 Å². The third-order valence-electron chi connectivity index (χ3n) is 5.84. The first-order chi connectivity index (χ1) is 15.0. The Morgan fingerprint density at radius 3 is 2.39 bits per heavy atom. The number of hydrogen-bond donors (Lipinski definition) is 3. The average Bonchev–Trinajstić information content (AvgIpc) is 2.79. The molecule has 158 valence electrons. The summed E-state index contributed by atoms with van der Waals surface area (Å²) in [6, 6.07) is 22.5. The lowest BCUT2D eigenvalue weighted by Crippen LogP contribution is -2.93. The predicted molar refractivity (Wildman–Crippen MR) is 121 cm³/mol. The predicted octanol–water partition coefficient (Wildman–Crippen LogP) is 2.79. The average molecular weight is 415 g/mol. The van der Waals surface area contributed by atoms with Crippen LogP contribution in [0.1, 0.15) is 33.9 Å². The summed E-state index contributed by atoms with van der Waals surface area (Å²) in [6.45, 7) is 4.75. The van der Waals surface area contributed by atoms with Gasteiger partial charge in [-0.05, 0) is 36.6 Å². The lowest BCUT2D eigenvalue weighted by Gasteiger charge is -2.25. The van der Waals surface area contributed by atoms with Gasteiger partial charge in [0.25, 0.3) is 11.8 Å². The number of anilines is 1. The number of aryl methyl sites for hydroxylation is 2. The number of amides is 2. The molecule has 0 spiro atoms. The molecule has 4 N–H and O–H groups in total. The highest BCUT2D eigenvalue weighted by Gasteiger charge is 2.31. The van der Waals surface area contributed by atoms with Crippen molar-refractivity contribution in [1.29, 1.82) is 0 Å². The van der Waals surface area contributed by atoms with Gasteiger partial charge < -0.3 is 16.0 Å². The van der Waals surface area contributed by atoms with E-state index in [1.54, 1.807) is 0 Å². The van der Waals surface area contributed by atoms with Crippen LogP contribution in [0.15, 0.2) is 72.8 Å². The van der Waals surface area contributed by atoms with Crippen LogP contribution in [-0.2, 0) is 22.6 Å². The van der Waals surface area contributed by atoms with Gasteiger partial charge in [-0.2, -0.15) is 0 Å². The topological polar surface area (TPSA) is 74.8 Å². The van der Waals surface area contributed by atoms with E-state index in [4.69, 9.17) is 0 Å². The molecule has 1 aliphatic rings. The van der Waals surface area contributed by atoms with Crippen molar-refractivity contribution >= 4 is 17.5 Å². The van der Waals surface area contributed by atoms with Crippen molar-refractivity contribution in [3.05, 3.63) is 101 Å². The second-order valence-electron chi connectivity index (χ2n) is 8.18. The fourth-order valence-electron chi connectivity index (χ4n) is 4.10. The zero-order valence-corrected chi connectivity index (χ0v) is 17.9. The zero-order chi connectivity index (χ0) is 21.8. The Morgan fingerprint density at radius 1 is 0.935 bits per heavy atom. The van der Waals surface area contributed by atoms with Gasteiger partial charge in [-0.3, -0.25) is 9.59 Å². The molecule has 0 radical (unpaired) electrons. The number of benzene rings is 3. The summed E-state index contributed by atoms with van der Waals surface area (Å²) in [5.41, 5.74) is 6.10. The lowest BCUT2D eigenvalue weighted by atomic mass is 9.95. The minimum atomic E-state index is -0.764. The number of fused-ring (bicyclic) bond motifs is 1. The molecule has 0 fully saturated rings. The fraction of sp³-hybridized carbons (Fsp3) is 0.231. The fourth-order valence-corrected chi connectivity index (χ4v) is 4.10. The lowest BCUT2D eigenvalue weighted by molar-refractivity contribution is -0.695. The number of nitrogens with one attached hydrogen (secondary N) is 2. The molecule has 4 rings (SSSR count). The van der Waals surface area contributed by atoms with Crippen LogP contribution < -0.4 is 16.0 Å². The van der Waals surface area contributed by atoms with Gasteiger partial charge in [0, 0.05) is 17.7 Å². The molecule has 2 atom stereocenters. The van der Waals surface area contributed by atoms with E-state index in [0.717, 1.165) is 28.9 Å². The SMILES string of the molecule is Cc1ccc(NC(=O)[C@H](NC(=O)[C@@H]2Cc3ccccc3C[NH2+]2)c2ccccc2)c(C)c1. The van der Waals surface area contributed by atoms with Crippen molar-refractivity contribution in [2.45, 2.75) is 38.9 Å². The first kappa shape index (κ1) is 20.8. The molecule has 1 aliphatic heterocycles. The molecule has 0 bridgehead atoms. The van der Waals surface area contributed by atoms with E-state index in [1.165, 1.54) is 11.1 Å². The minimum Gasteiger partial charge on any atom is -0.335 e. The number of carbonyl (C=O) groups is 2. The molecule has 1 heterocycles. The normalized spacial score (nSPS) is 16.1. The molecular formula is C26H28N3O2+. The van der Waals surface area contributed by atoms with Crippen LogP contribution in [0.25, 0.3) is 0 Å². The number of carbonyl (C=O) groups excluding carboxylic acids is 2. The van der Waals surface area contributed by atoms with Gasteiger partial charge in [0.1, 0.15) is 12.6 Å². The molecule has 0 saturated carbocycles. The minimum absolute atomic E-state index is 0.126. The maximum Gasteiger partial charge on any atom is 0.279 e. The van der Waals surface area contributed by atoms with Gasteiger partial charge in [0.2, 0.25) is 0 Å². The number of nitrogens with two attached hydrogens (primary N) is 1. The Labute approximate surface area is 182 Å². The highest BCUT2D eigenvalue weighted by Crippen LogP contribution is 2.20. The Morgan fingerprint density at radius 2 is 1.65 bits per heavy atom. The molecule has 5 nitrogen and oxygen atoms in total. The van der Waals surface area contributed by atoms with Gasteiger partial charge in [0.05, 0.1) is 0 Å². The maximum absolute atomic E-state index is 13.2. The molecule has 31 heavy (non-hydrogen) atoms. The first-order valence-corrected chi connectivity index (χ1v) is 10.6. The Kier molecular flexibility index (Phi) is 6.14. The van der Waals surface area contributed by atoms with Crippen LogP contribution in [0.4, 0.5) is 5.69 Å². The van der Waals surface area contributed by atoms with E-state index in [9.17, 15) is 9.59 Å². The smallest absolute Gasteiger partial charge is 0.279 e. The summed E-state index contributed by atoms with van der Waals surface area (Å²) in [7, 11) is 0. The quantitative estimate of drug-likeness (QED) is 0.601. The van der Waals surface area contributed by atoms with E-state index in [1.807, 2.05) is 79.8 Å². The summed E-state index contributed by atoms with van der Waals surface area (Å²) < 4.78 is 0. The monoisotopic (exact) mass is 414 g/mol. The van der Waals surface area contributed by atoms with E-state index < -0.39 is 6.04 Å². The molecule has 3 aromatic rings. The second-order valence-corrected chi connectivity index (χ2v) is 8.18. The van der Waals surface area contributed by atoms with E-state index in [2.05, 4.69) is 22.8 Å². The van der Waals surface area contributed by atoms with Crippen molar-refractivity contribution in [3.8, 4) is 0 Å². The van der Waals surface area contributed by atoms with E-state index in [-0.39, 0.29) is 17.9 Å². The van der Waals surface area contributed by atoms with Crippen molar-refractivity contribution in [3.63, 3.8) is 0 Å². The van der Waals surface area contributed by atoms with Crippen LogP contribution in [-0.4, -0.2) is 17.9 Å². The van der Waals surface area contributed by atoms with Gasteiger partial charge in [0.15, 0.2) is 6.04 Å². The number of rotatable bonds is 5. The second kappa shape index (κ2) is 9.14. The van der Waals surface area contributed by atoms with Gasteiger partial charge in [-0.15, -0.1) is 0 Å². The molecule has 0 unspecified atom stereocenters. The third kappa shape index (κ3) is 4.84. The van der Waals surface area contributed by atoms with Crippen molar-refractivity contribution in [2.75, 3.05) is 5.32 Å². The van der Waals surface area contributed by atoms with E-state index >= 15 is 0 Å². The summed E-state index contributed by atoms with van der Waals surface area (Å²) in [5, 5.41) is 8.04. The van der Waals surface area contributed by atoms with Crippen LogP contribution in [0, 0.1) is 13.8 Å². The standard InChI is InChI=1S/C26H27N3O2/c1-17-12-13-22(18(2)14-17)28-26(31)24(19-8-4-3-5-9-19)29-25(30)23-15-20-10-6-7-11-21(20)16-27-23/h3-14,23-24,27H,15-16H2,1-2H3,(H,28,31)(H,29,30)/p+1/t23-,24+/m0/s1. The number of hydrogen-bond acceptors (Lipinski definition) is 2. The first-order valence-electron chi connectivity index (χ1n) is 10.6. The largest absolute Gasteiger partial charge is 0.335 e. The van der Waals surface area contributed by atoms with Gasteiger partial charge in [-0.25, -0.2) is 0 Å². The summed E-state index contributed by atoms with van der Waals surface area (Å²) in [4.78, 5) is 26.4. The number of quaternary nitrogens is 1. The van der Waals surface area contributed by atoms with Crippen LogP contribution in [0.3, 0.4) is 0 Å². The molecule has 0 aliphatic carbocycles. The molecule has 2 amide bonds. The third-order valence-corrected chi connectivity index (χ3v) is 5.84. The Hall–Kier alpha value is -3.44. The van der Waals surface area contributed by atoms with Crippen molar-refractivity contribution in [1.82, 2.24) is 5.32 Å². The van der Waals surface area contributed by atoms with Crippen molar-refractivity contribution < 1.29 is 14.9 Å². The van der Waals surface area contributed by atoms with Crippen LogP contribution in [0.2, 0.25) is 0 Å². The van der Waals surface area contributed by atoms with Crippen molar-refractivity contribution in [2.24, 2.45) is 0 Å². The Balaban J connectivity index is 1.53. The van der Waals surface area contributed by atoms with Gasteiger partial charge >= 0.3 is 0 Å². The Bertz CT molecular complexity index is 1090.